The molecule has 1 unspecified atom stereocenters. The number of hydrogen-bond acceptors (Lipinski definition) is 1. The molecule has 0 bridgehead atoms. The molecule has 1 atom stereocenters. The molecule has 0 N–H and O–H groups in total. The van der Waals surface area contributed by atoms with Crippen LogP contribution in [0.15, 0.2) is 18.2 Å². The van der Waals surface area contributed by atoms with Gasteiger partial charge in [0.2, 0.25) is 0 Å². The topological polar surface area (TPSA) is 9.23 Å². The molecule has 0 aromatic heterocycles. The molecule has 2 rings (SSSR count). The fourth-order valence-corrected chi connectivity index (χ4v) is 2.85. The molecule has 0 amide bonds. The van der Waals surface area contributed by atoms with Crippen molar-refractivity contribution in [3.05, 3.63) is 29.3 Å². The van der Waals surface area contributed by atoms with Crippen molar-refractivity contribution >= 4 is 0 Å². The first-order valence-corrected chi connectivity index (χ1v) is 6.52. The Morgan fingerprint density at radius 3 is 3.00 bits per heavy atom. The summed E-state index contributed by atoms with van der Waals surface area (Å²) in [5.41, 5.74) is 3.02. The van der Waals surface area contributed by atoms with E-state index >= 15 is 0 Å². The minimum absolute atomic E-state index is 0.777. The average molecular weight is 218 g/mol. The molecule has 1 aliphatic rings. The van der Waals surface area contributed by atoms with Crippen molar-refractivity contribution in [3.8, 4) is 5.75 Å². The summed E-state index contributed by atoms with van der Waals surface area (Å²) in [6.45, 7) is 2.27. The summed E-state index contributed by atoms with van der Waals surface area (Å²) in [4.78, 5) is 0. The average Bonchev–Trinajstić information content (AvgIpc) is 2.35. The quantitative estimate of drug-likeness (QED) is 0.732. The van der Waals surface area contributed by atoms with Crippen molar-refractivity contribution < 1.29 is 4.74 Å². The van der Waals surface area contributed by atoms with Crippen LogP contribution in [0.1, 0.15) is 56.1 Å². The zero-order valence-corrected chi connectivity index (χ0v) is 10.5. The van der Waals surface area contributed by atoms with Crippen molar-refractivity contribution in [1.29, 1.82) is 0 Å². The van der Waals surface area contributed by atoms with Crippen LogP contribution < -0.4 is 4.74 Å². The predicted octanol–water partition coefficient (Wildman–Crippen LogP) is 4.31. The smallest absolute Gasteiger partial charge is 0.122 e. The van der Waals surface area contributed by atoms with E-state index in [1.165, 1.54) is 44.1 Å². The third-order valence-electron chi connectivity index (χ3n) is 3.71. The van der Waals surface area contributed by atoms with Crippen LogP contribution in [-0.4, -0.2) is 7.11 Å². The summed E-state index contributed by atoms with van der Waals surface area (Å²) in [5.74, 6) is 1.87. The lowest BCUT2D eigenvalue weighted by Gasteiger charge is -2.26. The first-order chi connectivity index (χ1) is 7.86. The molecule has 16 heavy (non-hydrogen) atoms. The van der Waals surface area contributed by atoms with Crippen molar-refractivity contribution in [2.75, 3.05) is 7.11 Å². The van der Waals surface area contributed by atoms with Gasteiger partial charge >= 0.3 is 0 Å². The maximum absolute atomic E-state index is 5.47. The molecule has 0 saturated heterocycles. The summed E-state index contributed by atoms with van der Waals surface area (Å²) < 4.78 is 5.47. The van der Waals surface area contributed by atoms with Gasteiger partial charge in [0.15, 0.2) is 0 Å². The Morgan fingerprint density at radius 2 is 2.25 bits per heavy atom. The molecule has 0 heterocycles. The predicted molar refractivity (Wildman–Crippen MR) is 68.2 cm³/mol. The van der Waals surface area contributed by atoms with Gasteiger partial charge in [-0.25, -0.2) is 0 Å². The molecule has 0 radical (unpaired) electrons. The normalized spacial score (nSPS) is 19.2. The van der Waals surface area contributed by atoms with Crippen LogP contribution >= 0.6 is 0 Å². The van der Waals surface area contributed by atoms with Crippen molar-refractivity contribution in [3.63, 3.8) is 0 Å². The van der Waals surface area contributed by atoms with Gasteiger partial charge in [0.1, 0.15) is 5.75 Å². The van der Waals surface area contributed by atoms with Crippen molar-refractivity contribution in [2.45, 2.75) is 51.4 Å². The number of unbranched alkanes of at least 4 members (excludes halogenated alkanes) is 1. The SMILES string of the molecule is CCCCC1CCCc2c(OC)cccc21. The lowest BCUT2D eigenvalue weighted by molar-refractivity contribution is 0.400. The second-order valence-corrected chi connectivity index (χ2v) is 4.76. The second-order valence-electron chi connectivity index (χ2n) is 4.76. The number of methoxy groups -OCH3 is 1. The molecule has 0 aliphatic heterocycles. The lowest BCUT2D eigenvalue weighted by Crippen LogP contribution is -2.11. The standard InChI is InChI=1S/C15H22O/c1-3-4-7-12-8-5-10-14-13(12)9-6-11-15(14)16-2/h6,9,11-12H,3-5,7-8,10H2,1-2H3. The maximum atomic E-state index is 5.47. The molecular formula is C15H22O. The monoisotopic (exact) mass is 218 g/mol. The Balaban J connectivity index is 2.24. The van der Waals surface area contributed by atoms with Crippen LogP contribution in [0.5, 0.6) is 5.75 Å². The van der Waals surface area contributed by atoms with Gasteiger partial charge in [0.25, 0.3) is 0 Å². The van der Waals surface area contributed by atoms with Gasteiger partial charge in [-0.15, -0.1) is 0 Å². The summed E-state index contributed by atoms with van der Waals surface area (Å²) in [6, 6.07) is 6.54. The lowest BCUT2D eigenvalue weighted by atomic mass is 9.80. The molecule has 0 spiro atoms. The number of ether oxygens (including phenoxy) is 1. The van der Waals surface area contributed by atoms with Gasteiger partial charge < -0.3 is 4.74 Å². The first kappa shape index (κ1) is 11.5. The Morgan fingerprint density at radius 1 is 1.38 bits per heavy atom. The highest BCUT2D eigenvalue weighted by Crippen LogP contribution is 2.38. The van der Waals surface area contributed by atoms with Crippen molar-refractivity contribution in [2.24, 2.45) is 0 Å². The Bertz CT molecular complexity index is 343. The molecule has 1 aliphatic carbocycles. The molecule has 0 saturated carbocycles. The summed E-state index contributed by atoms with van der Waals surface area (Å²) in [6.07, 6.45) is 7.87. The van der Waals surface area contributed by atoms with Gasteiger partial charge in [-0.1, -0.05) is 31.9 Å². The van der Waals surface area contributed by atoms with Crippen LogP contribution in [0, 0.1) is 0 Å². The molecule has 1 nitrogen and oxygen atoms in total. The Labute approximate surface area is 98.8 Å². The van der Waals surface area contributed by atoms with E-state index in [0.29, 0.717) is 0 Å². The van der Waals surface area contributed by atoms with Crippen LogP contribution in [0.3, 0.4) is 0 Å². The van der Waals surface area contributed by atoms with Gasteiger partial charge in [0, 0.05) is 0 Å². The van der Waals surface area contributed by atoms with Crippen LogP contribution in [-0.2, 0) is 6.42 Å². The fourth-order valence-electron chi connectivity index (χ4n) is 2.85. The number of benzene rings is 1. The van der Waals surface area contributed by atoms with Gasteiger partial charge in [-0.05, 0) is 48.8 Å². The highest BCUT2D eigenvalue weighted by Gasteiger charge is 2.21. The zero-order valence-electron chi connectivity index (χ0n) is 10.5. The van der Waals surface area contributed by atoms with Gasteiger partial charge in [-0.2, -0.15) is 0 Å². The van der Waals surface area contributed by atoms with E-state index in [1.807, 2.05) is 0 Å². The van der Waals surface area contributed by atoms with E-state index in [-0.39, 0.29) is 0 Å². The molecule has 0 fully saturated rings. The minimum atomic E-state index is 0.777. The second kappa shape index (κ2) is 5.38. The number of hydrogen-bond donors (Lipinski definition) is 0. The first-order valence-electron chi connectivity index (χ1n) is 6.52. The van der Waals surface area contributed by atoms with E-state index in [9.17, 15) is 0 Å². The number of rotatable bonds is 4. The molecule has 1 aromatic carbocycles. The summed E-state index contributed by atoms with van der Waals surface area (Å²) >= 11 is 0. The minimum Gasteiger partial charge on any atom is -0.496 e. The fraction of sp³-hybridized carbons (Fsp3) is 0.600. The Hall–Kier alpha value is -0.980. The molecule has 1 aromatic rings. The third kappa shape index (κ3) is 2.23. The van der Waals surface area contributed by atoms with E-state index in [0.717, 1.165) is 11.7 Å². The largest absolute Gasteiger partial charge is 0.496 e. The van der Waals surface area contributed by atoms with Crippen LogP contribution in [0.4, 0.5) is 0 Å². The third-order valence-corrected chi connectivity index (χ3v) is 3.71. The zero-order chi connectivity index (χ0) is 11.4. The van der Waals surface area contributed by atoms with Gasteiger partial charge in [0.05, 0.1) is 7.11 Å². The van der Waals surface area contributed by atoms with Crippen LogP contribution in [0.2, 0.25) is 0 Å². The summed E-state index contributed by atoms with van der Waals surface area (Å²) in [7, 11) is 1.78. The van der Waals surface area contributed by atoms with Crippen molar-refractivity contribution in [1.82, 2.24) is 0 Å². The maximum Gasteiger partial charge on any atom is 0.122 e. The van der Waals surface area contributed by atoms with E-state index in [4.69, 9.17) is 4.74 Å². The highest BCUT2D eigenvalue weighted by molar-refractivity contribution is 5.43. The molecule has 1 heteroatoms. The van der Waals surface area contributed by atoms with Gasteiger partial charge in [-0.3, -0.25) is 0 Å². The molecular weight excluding hydrogens is 196 g/mol. The Kier molecular flexibility index (Phi) is 3.87. The van der Waals surface area contributed by atoms with E-state index < -0.39 is 0 Å². The highest BCUT2D eigenvalue weighted by atomic mass is 16.5. The number of fused-ring (bicyclic) bond motifs is 1. The van der Waals surface area contributed by atoms with E-state index in [2.05, 4.69) is 25.1 Å². The molecule has 88 valence electrons. The van der Waals surface area contributed by atoms with Crippen LogP contribution in [0.25, 0.3) is 0 Å². The summed E-state index contributed by atoms with van der Waals surface area (Å²) in [5, 5.41) is 0. The van der Waals surface area contributed by atoms with E-state index in [1.54, 1.807) is 12.7 Å².